The SMILES string of the molecule is OC[C@@H]1O[C@H](OC[C@H]2O[C@@H](OC[C@H]3O[C@@H](OC[C@H]4O[C@@H](OC[C@H]5O[C@@H](OC[C@H]6O[C@@H](O)[C@H](O)[C@@H](O)[C@@H]6O)[C@H](O)[C@@H](O)[C@@H]5O)[C@H](O)[C@@H](O)[C@@H]4O)[C@H](O)[C@@H](O)[C@@H]3O)[C@H](O)[C@@H](O)[C@@H]2O)[C@@H](O)[C@H](O)[C@H]1O. The van der Waals surface area contributed by atoms with Crippen LogP contribution >= 0.6 is 0 Å². The maximum absolute atomic E-state index is 10.7. The van der Waals surface area contributed by atoms with Crippen molar-refractivity contribution in [2.45, 2.75) is 184 Å². The average molecular weight is 991 g/mol. The Morgan fingerprint density at radius 1 is 0.224 bits per heavy atom. The van der Waals surface area contributed by atoms with Crippen LogP contribution in [0.25, 0.3) is 0 Å². The van der Waals surface area contributed by atoms with Gasteiger partial charge in [-0.2, -0.15) is 0 Å². The third-order valence-corrected chi connectivity index (χ3v) is 12.3. The van der Waals surface area contributed by atoms with Gasteiger partial charge in [0.15, 0.2) is 37.7 Å². The Kier molecular flexibility index (Phi) is 19.4. The molecule has 6 heterocycles. The van der Waals surface area contributed by atoms with Crippen LogP contribution in [0.2, 0.25) is 0 Å². The number of hydrogen-bond acceptors (Lipinski definition) is 31. The second-order valence-corrected chi connectivity index (χ2v) is 17.0. The normalized spacial score (nSPS) is 53.4. The first-order valence-corrected chi connectivity index (χ1v) is 21.1. The molecule has 31 nitrogen and oxygen atoms in total. The second-order valence-electron chi connectivity index (χ2n) is 17.0. The topological polar surface area (TPSA) is 506 Å². The van der Waals surface area contributed by atoms with Crippen molar-refractivity contribution in [2.75, 3.05) is 39.6 Å². The predicted molar refractivity (Wildman–Crippen MR) is 199 cm³/mol. The molecule has 0 unspecified atom stereocenters. The highest BCUT2D eigenvalue weighted by molar-refractivity contribution is 4.96. The fourth-order valence-corrected chi connectivity index (χ4v) is 7.99. The predicted octanol–water partition coefficient (Wildman–Crippen LogP) is -14.1. The Morgan fingerprint density at radius 3 is 0.657 bits per heavy atom. The molecule has 0 amide bonds. The van der Waals surface area contributed by atoms with Crippen LogP contribution in [0.4, 0.5) is 0 Å². The maximum atomic E-state index is 10.7. The van der Waals surface area contributed by atoms with Crippen LogP contribution in [0.15, 0.2) is 0 Å². The molecule has 6 fully saturated rings. The molecule has 6 aliphatic rings. The summed E-state index contributed by atoms with van der Waals surface area (Å²) < 4.78 is 59.7. The van der Waals surface area contributed by atoms with E-state index in [-0.39, 0.29) is 0 Å². The summed E-state index contributed by atoms with van der Waals surface area (Å²) in [5, 5.41) is 206. The molecule has 6 rings (SSSR count). The molecular weight excluding hydrogens is 928 g/mol. The van der Waals surface area contributed by atoms with Gasteiger partial charge in [0, 0.05) is 0 Å². The smallest absolute Gasteiger partial charge is 0.186 e. The van der Waals surface area contributed by atoms with Crippen LogP contribution in [0, 0.1) is 0 Å². The van der Waals surface area contributed by atoms with Gasteiger partial charge in [0.25, 0.3) is 0 Å². The molecule has 67 heavy (non-hydrogen) atoms. The first kappa shape index (κ1) is 55.1. The fourth-order valence-electron chi connectivity index (χ4n) is 7.99. The number of aliphatic hydroxyl groups is 20. The summed E-state index contributed by atoms with van der Waals surface area (Å²) in [6, 6.07) is 0. The Balaban J connectivity index is 1.01. The van der Waals surface area contributed by atoms with E-state index in [9.17, 15) is 102 Å². The summed E-state index contributed by atoms with van der Waals surface area (Å²) in [6.45, 7) is -4.51. The van der Waals surface area contributed by atoms with Gasteiger partial charge in [0.1, 0.15) is 146 Å². The van der Waals surface area contributed by atoms with Gasteiger partial charge < -0.3 is 154 Å². The maximum Gasteiger partial charge on any atom is 0.186 e. The number of hydrogen-bond donors (Lipinski definition) is 20. The van der Waals surface area contributed by atoms with Crippen molar-refractivity contribution in [3.8, 4) is 0 Å². The molecule has 0 aromatic carbocycles. The van der Waals surface area contributed by atoms with Crippen molar-refractivity contribution in [2.24, 2.45) is 0 Å². The lowest BCUT2D eigenvalue weighted by molar-refractivity contribution is -0.352. The Hall–Kier alpha value is -1.24. The molecule has 0 aliphatic carbocycles. The van der Waals surface area contributed by atoms with Crippen LogP contribution in [0.3, 0.4) is 0 Å². The van der Waals surface area contributed by atoms with Gasteiger partial charge in [-0.3, -0.25) is 0 Å². The molecule has 20 N–H and O–H groups in total. The Bertz CT molecular complexity index is 1510. The van der Waals surface area contributed by atoms with Crippen LogP contribution in [0.1, 0.15) is 0 Å². The van der Waals surface area contributed by atoms with E-state index in [1.165, 1.54) is 0 Å². The highest BCUT2D eigenvalue weighted by Crippen LogP contribution is 2.31. The molecule has 392 valence electrons. The van der Waals surface area contributed by atoms with Crippen molar-refractivity contribution in [3.63, 3.8) is 0 Å². The third-order valence-electron chi connectivity index (χ3n) is 12.3. The molecule has 6 aliphatic heterocycles. The van der Waals surface area contributed by atoms with Gasteiger partial charge in [0.05, 0.1) is 39.6 Å². The van der Waals surface area contributed by atoms with E-state index >= 15 is 0 Å². The molecule has 0 spiro atoms. The van der Waals surface area contributed by atoms with Gasteiger partial charge in [-0.25, -0.2) is 0 Å². The molecule has 30 atom stereocenters. The average Bonchev–Trinajstić information content (AvgIpc) is 3.31. The molecule has 0 aromatic rings. The van der Waals surface area contributed by atoms with Crippen LogP contribution in [0.5, 0.6) is 0 Å². The van der Waals surface area contributed by atoms with Crippen LogP contribution in [-0.2, 0) is 52.1 Å². The minimum atomic E-state index is -2.01. The highest BCUT2D eigenvalue weighted by atomic mass is 16.8. The Morgan fingerprint density at radius 2 is 0.418 bits per heavy atom. The second kappa shape index (κ2) is 23.5. The molecule has 0 bridgehead atoms. The van der Waals surface area contributed by atoms with Crippen LogP contribution in [-0.4, -0.2) is 326 Å². The van der Waals surface area contributed by atoms with Crippen molar-refractivity contribution in [1.29, 1.82) is 0 Å². The fraction of sp³-hybridized carbons (Fsp3) is 1.00. The van der Waals surface area contributed by atoms with E-state index in [2.05, 4.69) is 0 Å². The number of aliphatic hydroxyl groups excluding tert-OH is 20. The lowest BCUT2D eigenvalue weighted by Gasteiger charge is -2.44. The van der Waals surface area contributed by atoms with E-state index < -0.39 is 224 Å². The molecule has 31 heteroatoms. The van der Waals surface area contributed by atoms with Crippen molar-refractivity contribution in [1.82, 2.24) is 0 Å². The van der Waals surface area contributed by atoms with E-state index in [0.29, 0.717) is 0 Å². The summed E-state index contributed by atoms with van der Waals surface area (Å²) in [5.74, 6) is 0. The van der Waals surface area contributed by atoms with Gasteiger partial charge in [-0.1, -0.05) is 0 Å². The third kappa shape index (κ3) is 12.0. The van der Waals surface area contributed by atoms with Crippen molar-refractivity contribution >= 4 is 0 Å². The molecule has 0 saturated carbocycles. The highest BCUT2D eigenvalue weighted by Gasteiger charge is 2.52. The van der Waals surface area contributed by atoms with Gasteiger partial charge >= 0.3 is 0 Å². The van der Waals surface area contributed by atoms with E-state index in [1.807, 2.05) is 0 Å². The van der Waals surface area contributed by atoms with Gasteiger partial charge in [-0.05, 0) is 0 Å². The largest absolute Gasteiger partial charge is 0.394 e. The van der Waals surface area contributed by atoms with E-state index in [1.54, 1.807) is 0 Å². The summed E-state index contributed by atoms with van der Waals surface area (Å²) >= 11 is 0. The lowest BCUT2D eigenvalue weighted by Crippen LogP contribution is -2.63. The molecule has 0 aromatic heterocycles. The zero-order valence-corrected chi connectivity index (χ0v) is 35.0. The van der Waals surface area contributed by atoms with Crippen LogP contribution < -0.4 is 0 Å². The monoisotopic (exact) mass is 990 g/mol. The quantitative estimate of drug-likeness (QED) is 0.0683. The van der Waals surface area contributed by atoms with Crippen molar-refractivity contribution < 1.29 is 154 Å². The lowest BCUT2D eigenvalue weighted by atomic mass is 9.97. The zero-order valence-electron chi connectivity index (χ0n) is 35.0. The standard InChI is InChI=1S/C36H62O31/c37-1-7-13(38)20(45)26(51)32(63-7)58-3-9-15(40)22(47)28(53)34(65-9)60-5-11-17(42)24(49)30(55)36(67-11)61-6-12-18(43)23(48)29(54)35(66-12)59-4-10-16(41)21(46)27(52)33(64-10)57-2-8-14(39)19(44)25(50)31(56)62-8/h7-56H,1-6H2/t7-,8+,9+,10+,11+,12+,13-,14+,15+,16+,17+,18+,19-,20+,21-,22-,23-,24-,25+,26-,27+,28+,29+,30+,31+,32-,33+,34+,35+,36+/m0/s1. The first-order valence-electron chi connectivity index (χ1n) is 21.1. The summed E-state index contributed by atoms with van der Waals surface area (Å²) in [5.41, 5.74) is 0. The van der Waals surface area contributed by atoms with Crippen molar-refractivity contribution in [3.05, 3.63) is 0 Å². The summed E-state index contributed by atoms with van der Waals surface area (Å²) in [7, 11) is 0. The molecular formula is C36H62O31. The first-order chi connectivity index (χ1) is 31.6. The zero-order chi connectivity index (χ0) is 49.3. The minimum Gasteiger partial charge on any atom is -0.394 e. The Labute approximate surface area is 378 Å². The number of ether oxygens (including phenoxy) is 11. The molecule has 6 saturated heterocycles. The number of rotatable bonds is 16. The van der Waals surface area contributed by atoms with Gasteiger partial charge in [0.2, 0.25) is 0 Å². The van der Waals surface area contributed by atoms with E-state index in [0.717, 1.165) is 0 Å². The summed E-state index contributed by atoms with van der Waals surface area (Å²) in [6.07, 6.45) is -54.2. The van der Waals surface area contributed by atoms with Gasteiger partial charge in [-0.15, -0.1) is 0 Å². The minimum absolute atomic E-state index is 0.692. The summed E-state index contributed by atoms with van der Waals surface area (Å²) in [4.78, 5) is 0. The van der Waals surface area contributed by atoms with E-state index in [4.69, 9.17) is 52.1 Å². The molecule has 0 radical (unpaired) electrons.